The second kappa shape index (κ2) is 3.59. The fourth-order valence-electron chi connectivity index (χ4n) is 2.26. The zero-order valence-corrected chi connectivity index (χ0v) is 8.90. The van der Waals surface area contributed by atoms with Crippen LogP contribution >= 0.6 is 11.8 Å². The molecule has 14 heavy (non-hydrogen) atoms. The summed E-state index contributed by atoms with van der Waals surface area (Å²) >= 11 is 2.04. The summed E-state index contributed by atoms with van der Waals surface area (Å²) in [5, 5.41) is 7.44. The standard InChI is InChI=1S/C10H14N2OS/c1-2-7(6-14-3-1)10-8-4-11-5-9(8)12-13-10/h7,11H,1-6H2. The van der Waals surface area contributed by atoms with E-state index in [1.807, 2.05) is 11.8 Å². The van der Waals surface area contributed by atoms with Crippen molar-refractivity contribution in [2.75, 3.05) is 11.5 Å². The van der Waals surface area contributed by atoms with Crippen molar-refractivity contribution in [3.05, 3.63) is 17.0 Å². The molecule has 1 N–H and O–H groups in total. The van der Waals surface area contributed by atoms with Gasteiger partial charge in [0.1, 0.15) is 11.5 Å². The summed E-state index contributed by atoms with van der Waals surface area (Å²) in [4.78, 5) is 0. The van der Waals surface area contributed by atoms with Crippen molar-refractivity contribution in [3.8, 4) is 0 Å². The van der Waals surface area contributed by atoms with Gasteiger partial charge in [-0.15, -0.1) is 0 Å². The molecule has 1 saturated heterocycles. The van der Waals surface area contributed by atoms with Crippen molar-refractivity contribution in [1.82, 2.24) is 10.5 Å². The quantitative estimate of drug-likeness (QED) is 0.768. The van der Waals surface area contributed by atoms with Crippen molar-refractivity contribution in [2.24, 2.45) is 0 Å². The minimum Gasteiger partial charge on any atom is -0.360 e. The number of hydrogen-bond donors (Lipinski definition) is 1. The normalized spacial score (nSPS) is 26.4. The first-order valence-corrected chi connectivity index (χ1v) is 6.36. The molecule has 1 unspecified atom stereocenters. The van der Waals surface area contributed by atoms with E-state index in [0.29, 0.717) is 5.92 Å². The molecule has 2 aliphatic rings. The summed E-state index contributed by atoms with van der Waals surface area (Å²) in [5.74, 6) is 4.30. The minimum absolute atomic E-state index is 0.616. The summed E-state index contributed by atoms with van der Waals surface area (Å²) in [6.07, 6.45) is 2.59. The second-order valence-electron chi connectivity index (χ2n) is 3.99. The Kier molecular flexibility index (Phi) is 2.25. The van der Waals surface area contributed by atoms with Crippen LogP contribution in [0.1, 0.15) is 35.8 Å². The molecular formula is C10H14N2OS. The van der Waals surface area contributed by atoms with E-state index in [1.165, 1.54) is 29.9 Å². The number of fused-ring (bicyclic) bond motifs is 1. The van der Waals surface area contributed by atoms with E-state index in [-0.39, 0.29) is 0 Å². The summed E-state index contributed by atoms with van der Waals surface area (Å²) in [5.41, 5.74) is 2.48. The lowest BCUT2D eigenvalue weighted by molar-refractivity contribution is 0.348. The molecular weight excluding hydrogens is 196 g/mol. The van der Waals surface area contributed by atoms with Crippen LogP contribution in [0.4, 0.5) is 0 Å². The van der Waals surface area contributed by atoms with Crippen LogP contribution < -0.4 is 5.32 Å². The average molecular weight is 210 g/mol. The third-order valence-electron chi connectivity index (χ3n) is 3.03. The van der Waals surface area contributed by atoms with Crippen LogP contribution in [0.5, 0.6) is 0 Å². The predicted molar refractivity (Wildman–Crippen MR) is 56.3 cm³/mol. The van der Waals surface area contributed by atoms with Gasteiger partial charge in [-0.2, -0.15) is 11.8 Å². The van der Waals surface area contributed by atoms with Gasteiger partial charge in [-0.05, 0) is 18.6 Å². The van der Waals surface area contributed by atoms with E-state index < -0.39 is 0 Å². The summed E-state index contributed by atoms with van der Waals surface area (Å²) in [7, 11) is 0. The maximum Gasteiger partial charge on any atom is 0.145 e. The Hall–Kier alpha value is -0.480. The van der Waals surface area contributed by atoms with Gasteiger partial charge in [0.15, 0.2) is 0 Å². The molecule has 3 nitrogen and oxygen atoms in total. The predicted octanol–water partition coefficient (Wildman–Crippen LogP) is 1.89. The van der Waals surface area contributed by atoms with Crippen LogP contribution in [0.3, 0.4) is 0 Å². The first-order chi connectivity index (χ1) is 6.95. The number of hydrogen-bond acceptors (Lipinski definition) is 4. The Bertz CT molecular complexity index is 331. The van der Waals surface area contributed by atoms with E-state index in [1.54, 1.807) is 0 Å². The molecule has 0 radical (unpaired) electrons. The Morgan fingerprint density at radius 2 is 2.43 bits per heavy atom. The van der Waals surface area contributed by atoms with E-state index in [9.17, 15) is 0 Å². The van der Waals surface area contributed by atoms with Crippen molar-refractivity contribution in [1.29, 1.82) is 0 Å². The maximum absolute atomic E-state index is 5.47. The van der Waals surface area contributed by atoms with Crippen molar-refractivity contribution in [3.63, 3.8) is 0 Å². The molecule has 0 bridgehead atoms. The number of nitrogens with one attached hydrogen (secondary N) is 1. The van der Waals surface area contributed by atoms with E-state index in [4.69, 9.17) is 4.52 Å². The van der Waals surface area contributed by atoms with Gasteiger partial charge in [0.2, 0.25) is 0 Å². The van der Waals surface area contributed by atoms with Crippen LogP contribution in [0, 0.1) is 0 Å². The van der Waals surface area contributed by atoms with Gasteiger partial charge >= 0.3 is 0 Å². The largest absolute Gasteiger partial charge is 0.360 e. The Morgan fingerprint density at radius 3 is 3.29 bits per heavy atom. The fraction of sp³-hybridized carbons (Fsp3) is 0.700. The van der Waals surface area contributed by atoms with Crippen LogP contribution in [0.15, 0.2) is 4.52 Å². The highest BCUT2D eigenvalue weighted by atomic mass is 32.2. The van der Waals surface area contributed by atoms with Gasteiger partial charge < -0.3 is 9.84 Å². The molecule has 1 atom stereocenters. The number of thioether (sulfide) groups is 1. The lowest BCUT2D eigenvalue weighted by Gasteiger charge is -2.19. The van der Waals surface area contributed by atoms with Gasteiger partial charge in [-0.3, -0.25) is 0 Å². The number of aromatic nitrogens is 1. The average Bonchev–Trinajstić information content (AvgIpc) is 2.79. The third-order valence-corrected chi connectivity index (χ3v) is 4.24. The fourth-order valence-corrected chi connectivity index (χ4v) is 3.40. The molecule has 3 heterocycles. The summed E-state index contributed by atoms with van der Waals surface area (Å²) in [6, 6.07) is 0. The molecule has 3 rings (SSSR count). The Labute approximate surface area is 87.6 Å². The molecule has 0 saturated carbocycles. The molecule has 76 valence electrons. The molecule has 0 aromatic carbocycles. The Morgan fingerprint density at radius 1 is 1.43 bits per heavy atom. The summed E-state index contributed by atoms with van der Waals surface area (Å²) < 4.78 is 5.47. The molecule has 0 spiro atoms. The second-order valence-corrected chi connectivity index (χ2v) is 5.14. The van der Waals surface area contributed by atoms with E-state index in [2.05, 4.69) is 10.5 Å². The molecule has 1 aromatic heterocycles. The first-order valence-electron chi connectivity index (χ1n) is 5.21. The monoisotopic (exact) mass is 210 g/mol. The van der Waals surface area contributed by atoms with Crippen molar-refractivity contribution >= 4 is 11.8 Å². The molecule has 0 aliphatic carbocycles. The zero-order valence-electron chi connectivity index (χ0n) is 8.08. The highest BCUT2D eigenvalue weighted by Crippen LogP contribution is 2.35. The number of rotatable bonds is 1. The van der Waals surface area contributed by atoms with Crippen LogP contribution in [0.2, 0.25) is 0 Å². The highest BCUT2D eigenvalue weighted by molar-refractivity contribution is 7.99. The molecule has 2 aliphatic heterocycles. The van der Waals surface area contributed by atoms with Gasteiger partial charge in [-0.1, -0.05) is 5.16 Å². The van der Waals surface area contributed by atoms with E-state index in [0.717, 1.165) is 24.5 Å². The maximum atomic E-state index is 5.47. The third kappa shape index (κ3) is 1.37. The lowest BCUT2D eigenvalue weighted by Crippen LogP contribution is -2.10. The van der Waals surface area contributed by atoms with E-state index >= 15 is 0 Å². The van der Waals surface area contributed by atoms with Crippen LogP contribution in [0.25, 0.3) is 0 Å². The van der Waals surface area contributed by atoms with Gasteiger partial charge in [-0.25, -0.2) is 0 Å². The number of nitrogens with zero attached hydrogens (tertiary/aromatic N) is 1. The summed E-state index contributed by atoms with van der Waals surface area (Å²) in [6.45, 7) is 1.84. The molecule has 1 aromatic rings. The first kappa shape index (κ1) is 8.80. The molecule has 4 heteroatoms. The highest BCUT2D eigenvalue weighted by Gasteiger charge is 2.27. The smallest absolute Gasteiger partial charge is 0.145 e. The zero-order chi connectivity index (χ0) is 9.38. The molecule has 1 fully saturated rings. The topological polar surface area (TPSA) is 38.1 Å². The Balaban J connectivity index is 1.88. The lowest BCUT2D eigenvalue weighted by atomic mass is 9.99. The SMILES string of the molecule is C1CSCC(c2onc3c2CNC3)C1. The van der Waals surface area contributed by atoms with Gasteiger partial charge in [0, 0.05) is 30.3 Å². The molecule has 0 amide bonds. The van der Waals surface area contributed by atoms with Gasteiger partial charge in [0.05, 0.1) is 0 Å². The van der Waals surface area contributed by atoms with Gasteiger partial charge in [0.25, 0.3) is 0 Å². The van der Waals surface area contributed by atoms with Crippen molar-refractivity contribution < 1.29 is 4.52 Å². The van der Waals surface area contributed by atoms with Crippen LogP contribution in [-0.2, 0) is 13.1 Å². The minimum atomic E-state index is 0.616. The van der Waals surface area contributed by atoms with Crippen LogP contribution in [-0.4, -0.2) is 16.7 Å². The van der Waals surface area contributed by atoms with Crippen molar-refractivity contribution in [2.45, 2.75) is 31.8 Å².